The number of piperidine rings is 2. The molecular weight excluding hydrogens is 564 g/mol. The van der Waals surface area contributed by atoms with Crippen molar-refractivity contribution in [2.45, 2.75) is 62.7 Å². The van der Waals surface area contributed by atoms with Crippen molar-refractivity contribution >= 4 is 6.08 Å². The van der Waals surface area contributed by atoms with Crippen LogP contribution < -0.4 is 0 Å². The van der Waals surface area contributed by atoms with Gasteiger partial charge in [0, 0.05) is 89.4 Å². The molecule has 9 heteroatoms. The molecule has 0 amide bonds. The SMILES string of the molecule is Cn1ncc2c1C=COC21CCN(Cc2ccccc2)CC1.Cn1ncc2c1CC(O)OC21CCN(Cc2ccccc2)CC1. The van der Waals surface area contributed by atoms with Gasteiger partial charge in [-0.1, -0.05) is 60.7 Å². The van der Waals surface area contributed by atoms with Crippen molar-refractivity contribution in [2.75, 3.05) is 26.2 Å². The Balaban J connectivity index is 0.000000145. The molecule has 4 aromatic rings. The fourth-order valence-corrected chi connectivity index (χ4v) is 7.51. The van der Waals surface area contributed by atoms with Crippen LogP contribution >= 0.6 is 0 Å². The highest BCUT2D eigenvalue weighted by Gasteiger charge is 2.45. The second-order valence-electron chi connectivity index (χ2n) is 12.9. The number of nitrogens with zero attached hydrogens (tertiary/aromatic N) is 6. The summed E-state index contributed by atoms with van der Waals surface area (Å²) < 4.78 is 15.9. The third-order valence-corrected chi connectivity index (χ3v) is 10.1. The smallest absolute Gasteiger partial charge is 0.161 e. The van der Waals surface area contributed by atoms with Crippen LogP contribution in [0.2, 0.25) is 0 Å². The van der Waals surface area contributed by atoms with Crippen LogP contribution in [0.25, 0.3) is 6.08 Å². The molecular formula is C36H44N6O3. The summed E-state index contributed by atoms with van der Waals surface area (Å²) in [6.45, 7) is 6.03. The van der Waals surface area contributed by atoms with Gasteiger partial charge in [-0.2, -0.15) is 10.2 Å². The minimum absolute atomic E-state index is 0.175. The first-order valence-corrected chi connectivity index (χ1v) is 16.2. The first kappa shape index (κ1) is 29.9. The molecule has 2 saturated heterocycles. The Bertz CT molecular complexity index is 1600. The van der Waals surface area contributed by atoms with Crippen LogP contribution in [0.5, 0.6) is 0 Å². The minimum Gasteiger partial charge on any atom is -0.490 e. The Labute approximate surface area is 265 Å². The van der Waals surface area contributed by atoms with Gasteiger partial charge in [0.15, 0.2) is 6.29 Å². The molecule has 45 heavy (non-hydrogen) atoms. The standard InChI is InChI=1S/C18H23N3O2.C18H21N3O/c1-20-16-11-17(22)23-18(15(16)12-19-20)7-9-21(10-8-18)13-14-5-3-2-4-6-14;1-20-17-7-12-22-18(16(17)13-19-20)8-10-21(11-9-18)14-15-5-3-2-4-6-15/h2-6,12,17,22H,7-11,13H2,1H3;2-7,12-13H,8-11,14H2,1H3. The summed E-state index contributed by atoms with van der Waals surface area (Å²) in [6, 6.07) is 21.3. The van der Waals surface area contributed by atoms with Gasteiger partial charge in [-0.15, -0.1) is 0 Å². The van der Waals surface area contributed by atoms with E-state index < -0.39 is 6.29 Å². The molecule has 1 atom stereocenters. The van der Waals surface area contributed by atoms with Gasteiger partial charge in [0.25, 0.3) is 0 Å². The molecule has 9 nitrogen and oxygen atoms in total. The van der Waals surface area contributed by atoms with E-state index in [1.54, 1.807) is 0 Å². The molecule has 236 valence electrons. The number of aryl methyl sites for hydroxylation is 2. The van der Waals surface area contributed by atoms with Crippen molar-refractivity contribution in [2.24, 2.45) is 14.1 Å². The van der Waals surface area contributed by atoms with Crippen LogP contribution in [0.15, 0.2) is 79.3 Å². The van der Waals surface area contributed by atoms with Crippen LogP contribution in [0.4, 0.5) is 0 Å². The van der Waals surface area contributed by atoms with Crippen LogP contribution in [0.1, 0.15) is 59.3 Å². The Hall–Kier alpha value is -3.76. The summed E-state index contributed by atoms with van der Waals surface area (Å²) in [5, 5.41) is 18.9. The maximum Gasteiger partial charge on any atom is 0.161 e. The summed E-state index contributed by atoms with van der Waals surface area (Å²) >= 11 is 0. The van der Waals surface area contributed by atoms with Crippen molar-refractivity contribution in [1.82, 2.24) is 29.4 Å². The number of hydrogen-bond acceptors (Lipinski definition) is 7. The molecule has 6 heterocycles. The zero-order chi connectivity index (χ0) is 30.9. The van der Waals surface area contributed by atoms with Crippen molar-refractivity contribution in [3.63, 3.8) is 0 Å². The number of rotatable bonds is 4. The van der Waals surface area contributed by atoms with Gasteiger partial charge in [0.2, 0.25) is 0 Å². The number of aliphatic hydroxyl groups is 1. The highest BCUT2D eigenvalue weighted by atomic mass is 16.6. The maximum absolute atomic E-state index is 10.1. The lowest BCUT2D eigenvalue weighted by molar-refractivity contribution is -0.216. The fourth-order valence-electron chi connectivity index (χ4n) is 7.51. The molecule has 0 saturated carbocycles. The van der Waals surface area contributed by atoms with E-state index in [4.69, 9.17) is 9.47 Å². The van der Waals surface area contributed by atoms with Gasteiger partial charge in [-0.05, 0) is 30.0 Å². The highest BCUT2D eigenvalue weighted by Crippen LogP contribution is 2.43. The molecule has 0 aliphatic carbocycles. The summed E-state index contributed by atoms with van der Waals surface area (Å²) in [7, 11) is 3.93. The second-order valence-corrected chi connectivity index (χ2v) is 12.9. The van der Waals surface area contributed by atoms with Crippen LogP contribution in [0.3, 0.4) is 0 Å². The van der Waals surface area contributed by atoms with Crippen molar-refractivity contribution in [3.05, 3.63) is 113 Å². The highest BCUT2D eigenvalue weighted by molar-refractivity contribution is 5.53. The monoisotopic (exact) mass is 608 g/mol. The third kappa shape index (κ3) is 6.10. The van der Waals surface area contributed by atoms with E-state index in [9.17, 15) is 5.11 Å². The molecule has 8 rings (SSSR count). The van der Waals surface area contributed by atoms with Crippen LogP contribution in [-0.2, 0) is 54.3 Å². The molecule has 0 radical (unpaired) electrons. The maximum atomic E-state index is 10.1. The zero-order valence-electron chi connectivity index (χ0n) is 26.4. The lowest BCUT2D eigenvalue weighted by Gasteiger charge is -2.45. The molecule has 2 fully saturated rings. The summed E-state index contributed by atoms with van der Waals surface area (Å²) in [5.41, 5.74) is 6.89. The summed E-state index contributed by atoms with van der Waals surface area (Å²) in [6.07, 6.45) is 11.4. The molecule has 0 bridgehead atoms. The number of aliphatic hydroxyl groups excluding tert-OH is 1. The molecule has 1 unspecified atom stereocenters. The molecule has 1 N–H and O–H groups in total. The number of likely N-dealkylation sites (tertiary alicyclic amines) is 2. The Morgan fingerprint density at radius 1 is 0.733 bits per heavy atom. The number of fused-ring (bicyclic) bond motifs is 4. The van der Waals surface area contributed by atoms with Gasteiger partial charge in [0.1, 0.15) is 11.2 Å². The number of ether oxygens (including phenoxy) is 2. The minimum atomic E-state index is -0.724. The van der Waals surface area contributed by atoms with Crippen LogP contribution in [0, 0.1) is 0 Å². The predicted octanol–water partition coefficient (Wildman–Crippen LogP) is 4.71. The lowest BCUT2D eigenvalue weighted by atomic mass is 9.82. The lowest BCUT2D eigenvalue weighted by Crippen LogP contribution is -2.48. The average Bonchev–Trinajstić information content (AvgIpc) is 3.64. The van der Waals surface area contributed by atoms with Crippen molar-refractivity contribution < 1.29 is 14.6 Å². The van der Waals surface area contributed by atoms with Crippen LogP contribution in [-0.4, -0.2) is 66.9 Å². The quantitative estimate of drug-likeness (QED) is 0.359. The Morgan fingerprint density at radius 2 is 1.27 bits per heavy atom. The summed E-state index contributed by atoms with van der Waals surface area (Å²) in [4.78, 5) is 4.97. The molecule has 4 aliphatic rings. The number of aromatic nitrogens is 4. The number of benzene rings is 2. The Morgan fingerprint density at radius 3 is 1.87 bits per heavy atom. The van der Waals surface area contributed by atoms with Gasteiger partial charge in [-0.25, -0.2) is 0 Å². The topological polar surface area (TPSA) is 80.8 Å². The van der Waals surface area contributed by atoms with Crippen molar-refractivity contribution in [3.8, 4) is 0 Å². The normalized spacial score (nSPS) is 21.9. The summed E-state index contributed by atoms with van der Waals surface area (Å²) in [5.74, 6) is 0. The van der Waals surface area contributed by atoms with Crippen molar-refractivity contribution in [1.29, 1.82) is 0 Å². The molecule has 2 aromatic heterocycles. The van der Waals surface area contributed by atoms with Gasteiger partial charge in [-0.3, -0.25) is 19.2 Å². The van der Waals surface area contributed by atoms with E-state index in [1.807, 2.05) is 48.2 Å². The fraction of sp³-hybridized carbons (Fsp3) is 0.444. The third-order valence-electron chi connectivity index (χ3n) is 10.1. The van der Waals surface area contributed by atoms with Gasteiger partial charge < -0.3 is 14.6 Å². The largest absolute Gasteiger partial charge is 0.490 e. The van der Waals surface area contributed by atoms with E-state index in [0.717, 1.165) is 70.6 Å². The molecule has 2 aromatic carbocycles. The molecule has 4 aliphatic heterocycles. The zero-order valence-corrected chi connectivity index (χ0v) is 26.4. The van der Waals surface area contributed by atoms with Gasteiger partial charge >= 0.3 is 0 Å². The number of hydrogen-bond donors (Lipinski definition) is 1. The second kappa shape index (κ2) is 12.6. The Kier molecular flexibility index (Phi) is 8.35. The molecule has 2 spiro atoms. The first-order valence-electron chi connectivity index (χ1n) is 16.2. The first-order chi connectivity index (χ1) is 21.9. The van der Waals surface area contributed by atoms with E-state index in [-0.39, 0.29) is 11.2 Å². The van der Waals surface area contributed by atoms with E-state index in [0.29, 0.717) is 6.42 Å². The van der Waals surface area contributed by atoms with Gasteiger partial charge in [0.05, 0.1) is 24.3 Å². The van der Waals surface area contributed by atoms with E-state index in [2.05, 4.69) is 80.7 Å². The van der Waals surface area contributed by atoms with E-state index in [1.165, 1.54) is 27.9 Å². The average molecular weight is 609 g/mol. The predicted molar refractivity (Wildman–Crippen MR) is 173 cm³/mol. The van der Waals surface area contributed by atoms with E-state index >= 15 is 0 Å².